The Morgan fingerprint density at radius 2 is 2.32 bits per heavy atom. The lowest BCUT2D eigenvalue weighted by Crippen LogP contribution is -2.26. The molecular weight excluding hydrogens is 270 g/mol. The first-order valence-corrected chi connectivity index (χ1v) is 6.84. The normalized spacial score (nSPS) is 11.4. The van der Waals surface area contributed by atoms with Gasteiger partial charge in [0.25, 0.3) is 6.20 Å². The lowest BCUT2D eigenvalue weighted by atomic mass is 10.4. The number of nitrogens with one attached hydrogen (secondary N) is 2. The second kappa shape index (κ2) is 8.44. The van der Waals surface area contributed by atoms with Crippen LogP contribution in [0, 0.1) is 10.1 Å². The quantitative estimate of drug-likeness (QED) is 0.352. The Labute approximate surface area is 115 Å². The minimum atomic E-state index is -0.509. The van der Waals surface area contributed by atoms with Crippen LogP contribution in [-0.2, 0) is 12.4 Å². The smallest absolute Gasteiger partial charge is 0.274 e. The average molecular weight is 287 g/mol. The van der Waals surface area contributed by atoms with Crippen LogP contribution in [0.25, 0.3) is 0 Å². The minimum Gasteiger partial charge on any atom is -0.463 e. The molecule has 0 unspecified atom stereocenters. The summed E-state index contributed by atoms with van der Waals surface area (Å²) in [6.07, 6.45) is 0.894. The van der Waals surface area contributed by atoms with Crippen LogP contribution in [0.4, 0.5) is 0 Å². The summed E-state index contributed by atoms with van der Waals surface area (Å²) in [6.45, 7) is 0.516. The summed E-state index contributed by atoms with van der Waals surface area (Å²) < 4.78 is 5.33. The molecule has 0 aliphatic heterocycles. The van der Waals surface area contributed by atoms with Gasteiger partial charge >= 0.3 is 0 Å². The largest absolute Gasteiger partial charge is 0.463 e. The number of nitrogens with zero attached hydrogens (tertiary/aromatic N) is 1. The van der Waals surface area contributed by atoms with E-state index in [4.69, 9.17) is 9.52 Å². The average Bonchev–Trinajstić information content (AvgIpc) is 2.84. The van der Waals surface area contributed by atoms with Crippen molar-refractivity contribution in [3.05, 3.63) is 45.8 Å². The highest BCUT2D eigenvalue weighted by Crippen LogP contribution is 2.15. The van der Waals surface area contributed by atoms with E-state index < -0.39 is 4.92 Å². The SMILES string of the molecule is CNC(=C[N+](=O)[O-])NCCSCc1ccc(CO)o1. The van der Waals surface area contributed by atoms with Crippen LogP contribution in [-0.4, -0.2) is 29.4 Å². The topological polar surface area (TPSA) is 101 Å². The van der Waals surface area contributed by atoms with Gasteiger partial charge in [0.2, 0.25) is 0 Å². The summed E-state index contributed by atoms with van der Waals surface area (Å²) in [5.41, 5.74) is 0. The molecule has 0 aliphatic rings. The molecule has 1 rings (SSSR count). The lowest BCUT2D eigenvalue weighted by molar-refractivity contribution is -0.404. The van der Waals surface area contributed by atoms with Crippen LogP contribution >= 0.6 is 11.8 Å². The van der Waals surface area contributed by atoms with E-state index in [-0.39, 0.29) is 6.61 Å². The second-order valence-corrected chi connectivity index (χ2v) is 4.69. The van der Waals surface area contributed by atoms with E-state index in [0.717, 1.165) is 17.7 Å². The third-order valence-electron chi connectivity index (χ3n) is 2.18. The first kappa shape index (κ1) is 15.4. The van der Waals surface area contributed by atoms with Crippen molar-refractivity contribution in [2.45, 2.75) is 12.4 Å². The number of aliphatic hydroxyl groups excluding tert-OH is 1. The van der Waals surface area contributed by atoms with Gasteiger partial charge in [0.15, 0.2) is 5.82 Å². The molecule has 0 bridgehead atoms. The molecule has 7 nitrogen and oxygen atoms in total. The number of rotatable bonds is 9. The zero-order chi connectivity index (χ0) is 14.1. The Balaban J connectivity index is 2.18. The Hall–Kier alpha value is -1.67. The molecule has 0 radical (unpaired) electrons. The van der Waals surface area contributed by atoms with Crippen molar-refractivity contribution in [1.29, 1.82) is 0 Å². The van der Waals surface area contributed by atoms with Crippen molar-refractivity contribution in [2.24, 2.45) is 0 Å². The molecule has 0 saturated carbocycles. The maximum absolute atomic E-state index is 10.3. The van der Waals surface area contributed by atoms with E-state index >= 15 is 0 Å². The molecule has 1 heterocycles. The standard InChI is InChI=1S/C11H17N3O4S/c1-12-11(6-14(16)17)13-4-5-19-8-10-3-2-9(7-15)18-10/h2-3,6,12-13,15H,4-5,7-8H2,1H3. The maximum Gasteiger partial charge on any atom is 0.274 e. The molecule has 0 atom stereocenters. The zero-order valence-electron chi connectivity index (χ0n) is 10.6. The van der Waals surface area contributed by atoms with Gasteiger partial charge in [-0.1, -0.05) is 0 Å². The highest BCUT2D eigenvalue weighted by atomic mass is 32.2. The van der Waals surface area contributed by atoms with Crippen molar-refractivity contribution in [3.8, 4) is 0 Å². The second-order valence-electron chi connectivity index (χ2n) is 3.58. The first-order valence-electron chi connectivity index (χ1n) is 5.69. The van der Waals surface area contributed by atoms with Crippen molar-refractivity contribution >= 4 is 11.8 Å². The first-order chi connectivity index (χ1) is 9.15. The van der Waals surface area contributed by atoms with Gasteiger partial charge in [-0.2, -0.15) is 11.8 Å². The molecule has 0 fully saturated rings. The highest BCUT2D eigenvalue weighted by molar-refractivity contribution is 7.98. The summed E-state index contributed by atoms with van der Waals surface area (Å²) in [4.78, 5) is 9.78. The van der Waals surface area contributed by atoms with Crippen LogP contribution < -0.4 is 10.6 Å². The van der Waals surface area contributed by atoms with Gasteiger partial charge in [-0.15, -0.1) is 0 Å². The van der Waals surface area contributed by atoms with Crippen LogP contribution in [0.15, 0.2) is 28.6 Å². The summed E-state index contributed by atoms with van der Waals surface area (Å²) in [6, 6.07) is 3.57. The van der Waals surface area contributed by atoms with Crippen molar-refractivity contribution < 1.29 is 14.4 Å². The molecule has 106 valence electrons. The van der Waals surface area contributed by atoms with E-state index in [1.807, 2.05) is 6.07 Å². The van der Waals surface area contributed by atoms with Crippen molar-refractivity contribution in [3.63, 3.8) is 0 Å². The Bertz CT molecular complexity index is 433. The van der Waals surface area contributed by atoms with E-state index in [0.29, 0.717) is 23.9 Å². The summed E-state index contributed by atoms with van der Waals surface area (Å²) in [5, 5.41) is 24.8. The predicted molar refractivity (Wildman–Crippen MR) is 72.9 cm³/mol. The molecule has 1 aromatic rings. The van der Waals surface area contributed by atoms with Gasteiger partial charge in [0.05, 0.1) is 10.7 Å². The van der Waals surface area contributed by atoms with E-state index in [9.17, 15) is 10.1 Å². The van der Waals surface area contributed by atoms with Gasteiger partial charge in [-0.3, -0.25) is 10.1 Å². The molecule has 0 amide bonds. The van der Waals surface area contributed by atoms with Gasteiger partial charge in [-0.25, -0.2) is 0 Å². The third-order valence-corrected chi connectivity index (χ3v) is 3.16. The van der Waals surface area contributed by atoms with Gasteiger partial charge in [0.1, 0.15) is 18.1 Å². The monoisotopic (exact) mass is 287 g/mol. The number of hydrogen-bond acceptors (Lipinski definition) is 7. The number of thioether (sulfide) groups is 1. The number of hydrogen-bond donors (Lipinski definition) is 3. The number of nitro groups is 1. The molecule has 1 aromatic heterocycles. The van der Waals surface area contributed by atoms with Crippen molar-refractivity contribution in [2.75, 3.05) is 19.3 Å². The fourth-order valence-electron chi connectivity index (χ4n) is 1.32. The molecule has 0 aromatic carbocycles. The number of furan rings is 1. The number of aliphatic hydroxyl groups is 1. The molecular formula is C11H17N3O4S. The molecule has 8 heteroatoms. The van der Waals surface area contributed by atoms with Gasteiger partial charge < -0.3 is 20.2 Å². The maximum atomic E-state index is 10.3. The lowest BCUT2D eigenvalue weighted by Gasteiger charge is -2.07. The summed E-state index contributed by atoms with van der Waals surface area (Å²) >= 11 is 1.64. The van der Waals surface area contributed by atoms with Crippen LogP contribution in [0.2, 0.25) is 0 Å². The molecule has 3 N–H and O–H groups in total. The van der Waals surface area contributed by atoms with Gasteiger partial charge in [0, 0.05) is 19.3 Å². The highest BCUT2D eigenvalue weighted by Gasteiger charge is 2.02. The Kier molecular flexibility index (Phi) is 6.83. The summed E-state index contributed by atoms with van der Waals surface area (Å²) in [5.74, 6) is 3.23. The molecule has 0 aliphatic carbocycles. The minimum absolute atomic E-state index is 0.0938. The van der Waals surface area contributed by atoms with E-state index in [1.54, 1.807) is 24.9 Å². The van der Waals surface area contributed by atoms with Crippen LogP contribution in [0.1, 0.15) is 11.5 Å². The fourth-order valence-corrected chi connectivity index (χ4v) is 2.07. The van der Waals surface area contributed by atoms with E-state index in [1.165, 1.54) is 0 Å². The molecule has 19 heavy (non-hydrogen) atoms. The Morgan fingerprint density at radius 3 is 2.89 bits per heavy atom. The van der Waals surface area contributed by atoms with Gasteiger partial charge in [-0.05, 0) is 12.1 Å². The third kappa shape index (κ3) is 6.16. The van der Waals surface area contributed by atoms with Crippen LogP contribution in [0.3, 0.4) is 0 Å². The fraction of sp³-hybridized carbons (Fsp3) is 0.455. The Morgan fingerprint density at radius 1 is 1.58 bits per heavy atom. The van der Waals surface area contributed by atoms with Crippen LogP contribution in [0.5, 0.6) is 0 Å². The zero-order valence-corrected chi connectivity index (χ0v) is 11.4. The van der Waals surface area contributed by atoms with Crippen molar-refractivity contribution in [1.82, 2.24) is 10.6 Å². The van der Waals surface area contributed by atoms with E-state index in [2.05, 4.69) is 10.6 Å². The summed E-state index contributed by atoms with van der Waals surface area (Å²) in [7, 11) is 1.62. The molecule has 0 spiro atoms. The molecule has 0 saturated heterocycles. The predicted octanol–water partition coefficient (Wildman–Crippen LogP) is 0.890.